The third-order valence-corrected chi connectivity index (χ3v) is 1.76. The maximum absolute atomic E-state index is 11.5. The Hall–Kier alpha value is -2.37. The summed E-state index contributed by atoms with van der Waals surface area (Å²) in [5.41, 5.74) is 0.102. The quantitative estimate of drug-likeness (QED) is 0.752. The molecule has 2 N–H and O–H groups in total. The number of carbonyl (C=O) groups is 1. The number of amides is 1. The van der Waals surface area contributed by atoms with Gasteiger partial charge in [0, 0.05) is 18.5 Å². The summed E-state index contributed by atoms with van der Waals surface area (Å²) >= 11 is 0. The summed E-state index contributed by atoms with van der Waals surface area (Å²) in [5.74, 6) is -0.500. The van der Waals surface area contributed by atoms with Crippen molar-refractivity contribution >= 4 is 11.6 Å². The van der Waals surface area contributed by atoms with Crippen molar-refractivity contribution in [2.24, 2.45) is 0 Å². The zero-order valence-electron chi connectivity index (χ0n) is 7.56. The number of aromatic amines is 1. The van der Waals surface area contributed by atoms with E-state index in [0.717, 1.165) is 0 Å². The van der Waals surface area contributed by atoms with Crippen LogP contribution < -0.4 is 10.7 Å². The molecule has 0 unspecified atom stereocenters. The molecule has 0 saturated heterocycles. The second kappa shape index (κ2) is 3.79. The molecular weight excluding hydrogens is 198 g/mol. The van der Waals surface area contributed by atoms with Crippen LogP contribution in [0.4, 0.5) is 5.69 Å². The van der Waals surface area contributed by atoms with Gasteiger partial charge in [0.2, 0.25) is 0 Å². The van der Waals surface area contributed by atoms with Crippen LogP contribution in [0.5, 0.6) is 0 Å². The van der Waals surface area contributed by atoms with Crippen molar-refractivity contribution in [3.05, 3.63) is 46.7 Å². The lowest BCUT2D eigenvalue weighted by Gasteiger charge is -1.99. The van der Waals surface area contributed by atoms with E-state index in [4.69, 9.17) is 0 Å². The van der Waals surface area contributed by atoms with Crippen molar-refractivity contribution in [3.63, 3.8) is 0 Å². The second-order valence-corrected chi connectivity index (χ2v) is 2.79. The van der Waals surface area contributed by atoms with Crippen LogP contribution in [-0.2, 0) is 0 Å². The number of carbonyl (C=O) groups excluding carboxylic acids is 1. The highest BCUT2D eigenvalue weighted by Gasteiger charge is 2.10. The normalized spacial score (nSPS) is 9.87. The van der Waals surface area contributed by atoms with Crippen molar-refractivity contribution in [1.82, 2.24) is 10.1 Å². The molecule has 0 aliphatic heterocycles. The van der Waals surface area contributed by atoms with Gasteiger partial charge >= 0.3 is 0 Å². The molecule has 0 spiro atoms. The highest BCUT2D eigenvalue weighted by atomic mass is 16.5. The van der Waals surface area contributed by atoms with Crippen molar-refractivity contribution < 1.29 is 9.32 Å². The Morgan fingerprint density at radius 3 is 3.07 bits per heavy atom. The largest absolute Gasteiger partial charge is 0.367 e. The van der Waals surface area contributed by atoms with E-state index >= 15 is 0 Å². The number of rotatable bonds is 2. The van der Waals surface area contributed by atoms with Gasteiger partial charge in [-0.3, -0.25) is 9.59 Å². The SMILES string of the molecule is O=C(Nc1cnoc1)c1c[nH]ccc1=O. The fraction of sp³-hybridized carbons (Fsp3) is 0. The maximum Gasteiger partial charge on any atom is 0.261 e. The van der Waals surface area contributed by atoms with Crippen LogP contribution >= 0.6 is 0 Å². The summed E-state index contributed by atoms with van der Waals surface area (Å²) in [4.78, 5) is 25.5. The first-order valence-corrected chi connectivity index (χ1v) is 4.15. The number of hydrogen-bond donors (Lipinski definition) is 2. The molecule has 0 atom stereocenters. The molecule has 2 aromatic heterocycles. The van der Waals surface area contributed by atoms with Gasteiger partial charge in [-0.05, 0) is 0 Å². The number of nitrogens with one attached hydrogen (secondary N) is 2. The van der Waals surface area contributed by atoms with E-state index in [1.54, 1.807) is 0 Å². The second-order valence-electron chi connectivity index (χ2n) is 2.79. The molecule has 1 amide bonds. The van der Waals surface area contributed by atoms with Crippen molar-refractivity contribution in [2.75, 3.05) is 5.32 Å². The topological polar surface area (TPSA) is 88.0 Å². The van der Waals surface area contributed by atoms with E-state index in [1.165, 1.54) is 30.9 Å². The first kappa shape index (κ1) is 9.20. The molecule has 0 bridgehead atoms. The van der Waals surface area contributed by atoms with Crippen LogP contribution in [0.15, 0.2) is 40.2 Å². The highest BCUT2D eigenvalue weighted by Crippen LogP contribution is 2.04. The Labute approximate surface area is 83.9 Å². The monoisotopic (exact) mass is 205 g/mol. The molecule has 76 valence electrons. The fourth-order valence-corrected chi connectivity index (χ4v) is 1.06. The van der Waals surface area contributed by atoms with Crippen molar-refractivity contribution in [2.45, 2.75) is 0 Å². The molecule has 15 heavy (non-hydrogen) atoms. The molecule has 2 aromatic rings. The Kier molecular flexibility index (Phi) is 2.32. The molecule has 6 nitrogen and oxygen atoms in total. The summed E-state index contributed by atoms with van der Waals surface area (Å²) in [6, 6.07) is 1.28. The molecule has 0 aliphatic carbocycles. The molecule has 0 fully saturated rings. The van der Waals surface area contributed by atoms with Crippen LogP contribution in [0.1, 0.15) is 10.4 Å². The number of nitrogens with zero attached hydrogens (tertiary/aromatic N) is 1. The van der Waals surface area contributed by atoms with Gasteiger partial charge < -0.3 is 14.8 Å². The van der Waals surface area contributed by atoms with Gasteiger partial charge in [-0.15, -0.1) is 0 Å². The summed E-state index contributed by atoms with van der Waals surface area (Å²) in [6.07, 6.45) is 5.41. The van der Waals surface area contributed by atoms with E-state index in [-0.39, 0.29) is 11.0 Å². The standard InChI is InChI=1S/C9H7N3O3/c13-8-1-2-10-4-7(8)9(14)12-6-3-11-15-5-6/h1-5H,(H,10,13)(H,12,14). The molecule has 0 saturated carbocycles. The van der Waals surface area contributed by atoms with Crippen LogP contribution in [0.25, 0.3) is 0 Å². The van der Waals surface area contributed by atoms with Crippen LogP contribution in [0.2, 0.25) is 0 Å². The van der Waals surface area contributed by atoms with Gasteiger partial charge in [-0.1, -0.05) is 5.16 Å². The third-order valence-electron chi connectivity index (χ3n) is 1.76. The first-order valence-electron chi connectivity index (χ1n) is 4.15. The molecule has 0 aromatic carbocycles. The number of anilines is 1. The number of hydrogen-bond acceptors (Lipinski definition) is 4. The minimum atomic E-state index is -0.500. The smallest absolute Gasteiger partial charge is 0.261 e. The lowest BCUT2D eigenvalue weighted by Crippen LogP contribution is -2.20. The van der Waals surface area contributed by atoms with Gasteiger partial charge in [-0.25, -0.2) is 0 Å². The summed E-state index contributed by atoms with van der Waals surface area (Å²) < 4.78 is 4.53. The maximum atomic E-state index is 11.5. The number of pyridine rings is 1. The van der Waals surface area contributed by atoms with Crippen LogP contribution in [0, 0.1) is 0 Å². The fourth-order valence-electron chi connectivity index (χ4n) is 1.06. The Morgan fingerprint density at radius 2 is 2.40 bits per heavy atom. The predicted molar refractivity (Wildman–Crippen MR) is 51.5 cm³/mol. The van der Waals surface area contributed by atoms with Crippen LogP contribution in [-0.4, -0.2) is 16.0 Å². The van der Waals surface area contributed by atoms with E-state index in [9.17, 15) is 9.59 Å². The number of H-pyrrole nitrogens is 1. The van der Waals surface area contributed by atoms with Gasteiger partial charge in [0.25, 0.3) is 5.91 Å². The van der Waals surface area contributed by atoms with E-state index < -0.39 is 5.91 Å². The Morgan fingerprint density at radius 1 is 1.53 bits per heavy atom. The lowest BCUT2D eigenvalue weighted by molar-refractivity contribution is 0.102. The lowest BCUT2D eigenvalue weighted by atomic mass is 10.2. The highest BCUT2D eigenvalue weighted by molar-refractivity contribution is 6.03. The van der Waals surface area contributed by atoms with Crippen molar-refractivity contribution in [1.29, 1.82) is 0 Å². The number of aromatic nitrogens is 2. The van der Waals surface area contributed by atoms with Gasteiger partial charge in [0.05, 0.1) is 6.20 Å². The first-order chi connectivity index (χ1) is 7.27. The van der Waals surface area contributed by atoms with E-state index in [2.05, 4.69) is 20.0 Å². The zero-order valence-corrected chi connectivity index (χ0v) is 7.56. The average Bonchev–Trinajstić information content (AvgIpc) is 2.71. The average molecular weight is 205 g/mol. The van der Waals surface area contributed by atoms with Gasteiger partial charge in [0.1, 0.15) is 17.5 Å². The Balaban J connectivity index is 2.23. The zero-order chi connectivity index (χ0) is 10.7. The minimum absolute atomic E-state index is 0.0405. The van der Waals surface area contributed by atoms with Crippen LogP contribution in [0.3, 0.4) is 0 Å². The molecule has 2 heterocycles. The van der Waals surface area contributed by atoms with Gasteiger partial charge in [0.15, 0.2) is 5.43 Å². The van der Waals surface area contributed by atoms with Crippen molar-refractivity contribution in [3.8, 4) is 0 Å². The molecular formula is C9H7N3O3. The van der Waals surface area contributed by atoms with E-state index in [1.807, 2.05) is 0 Å². The van der Waals surface area contributed by atoms with Gasteiger partial charge in [-0.2, -0.15) is 0 Å². The summed E-state index contributed by atoms with van der Waals surface area (Å²) in [5, 5.41) is 5.88. The molecule has 0 aliphatic rings. The molecule has 0 radical (unpaired) electrons. The van der Waals surface area contributed by atoms with E-state index in [0.29, 0.717) is 5.69 Å². The summed E-state index contributed by atoms with van der Waals surface area (Å²) in [7, 11) is 0. The Bertz CT molecular complexity index is 515. The molecule has 2 rings (SSSR count). The summed E-state index contributed by atoms with van der Waals surface area (Å²) in [6.45, 7) is 0. The third kappa shape index (κ3) is 1.93. The minimum Gasteiger partial charge on any atom is -0.367 e. The predicted octanol–water partition coefficient (Wildman–Crippen LogP) is 0.615. The molecule has 6 heteroatoms.